The lowest BCUT2D eigenvalue weighted by Gasteiger charge is -2.14. The minimum atomic E-state index is -0.355. The molecule has 1 aliphatic heterocycles. The molecule has 2 N–H and O–H groups in total. The summed E-state index contributed by atoms with van der Waals surface area (Å²) in [5, 5.41) is 9.58. The summed E-state index contributed by atoms with van der Waals surface area (Å²) in [5.41, 5.74) is 0.724. The highest BCUT2D eigenvalue weighted by molar-refractivity contribution is 8.00. The Labute approximate surface area is 150 Å². The quantitative estimate of drug-likeness (QED) is 0.727. The van der Waals surface area contributed by atoms with Crippen LogP contribution in [-0.2, 0) is 16.1 Å². The zero-order valence-electron chi connectivity index (χ0n) is 14.1. The fraction of sp³-hybridized carbons (Fsp3) is 0.471. The molecule has 7 nitrogen and oxygen atoms in total. The summed E-state index contributed by atoms with van der Waals surface area (Å²) >= 11 is 1.27. The average molecular weight is 362 g/mol. The first-order chi connectivity index (χ1) is 12.1. The van der Waals surface area contributed by atoms with Crippen molar-refractivity contribution >= 4 is 17.7 Å². The molecule has 0 bridgehead atoms. The summed E-state index contributed by atoms with van der Waals surface area (Å²) in [6.45, 7) is 3.52. The summed E-state index contributed by atoms with van der Waals surface area (Å²) in [6.07, 6.45) is 2.14. The van der Waals surface area contributed by atoms with Crippen molar-refractivity contribution in [2.75, 3.05) is 13.2 Å². The zero-order valence-corrected chi connectivity index (χ0v) is 14.9. The molecule has 0 saturated carbocycles. The number of aromatic amines is 1. The molecule has 2 heterocycles. The van der Waals surface area contributed by atoms with E-state index in [0.29, 0.717) is 18.2 Å². The van der Waals surface area contributed by atoms with Crippen molar-refractivity contribution in [2.45, 2.75) is 42.8 Å². The number of nitrogens with one attached hydrogen (secondary N) is 2. The molecule has 1 fully saturated rings. The Hall–Kier alpha value is -2.06. The van der Waals surface area contributed by atoms with Gasteiger partial charge in [-0.2, -0.15) is 0 Å². The normalized spacial score (nSPS) is 18.2. The van der Waals surface area contributed by atoms with Gasteiger partial charge in [0, 0.05) is 13.2 Å². The summed E-state index contributed by atoms with van der Waals surface area (Å²) in [5.74, 6) is -0.0813. The highest BCUT2D eigenvalue weighted by Gasteiger charge is 2.21. The predicted octanol–water partition coefficient (Wildman–Crippen LogP) is 1.40. The Morgan fingerprint density at radius 2 is 2.28 bits per heavy atom. The van der Waals surface area contributed by atoms with Gasteiger partial charge in [-0.25, -0.2) is 9.89 Å². The number of nitrogens with zero attached hydrogens (tertiary/aromatic N) is 2. The lowest BCUT2D eigenvalue weighted by Crippen LogP contribution is -2.36. The molecule has 1 aromatic carbocycles. The minimum Gasteiger partial charge on any atom is -0.376 e. The monoisotopic (exact) mass is 362 g/mol. The van der Waals surface area contributed by atoms with E-state index in [-0.39, 0.29) is 23.0 Å². The third-order valence-corrected chi connectivity index (χ3v) is 5.18. The largest absolute Gasteiger partial charge is 0.376 e. The van der Waals surface area contributed by atoms with Gasteiger partial charge in [-0.15, -0.1) is 5.10 Å². The maximum Gasteiger partial charge on any atom is 0.344 e. The topological polar surface area (TPSA) is 89.0 Å². The van der Waals surface area contributed by atoms with Gasteiger partial charge in [0.1, 0.15) is 0 Å². The molecule has 1 amide bonds. The molecule has 25 heavy (non-hydrogen) atoms. The van der Waals surface area contributed by atoms with Gasteiger partial charge in [0.2, 0.25) is 5.91 Å². The average Bonchev–Trinajstić information content (AvgIpc) is 3.26. The van der Waals surface area contributed by atoms with E-state index < -0.39 is 0 Å². The predicted molar refractivity (Wildman–Crippen MR) is 95.7 cm³/mol. The fourth-order valence-corrected chi connectivity index (χ4v) is 3.55. The Kier molecular flexibility index (Phi) is 5.93. The zero-order chi connectivity index (χ0) is 17.6. The van der Waals surface area contributed by atoms with Crippen LogP contribution in [0.25, 0.3) is 0 Å². The van der Waals surface area contributed by atoms with E-state index in [1.807, 2.05) is 37.3 Å². The van der Waals surface area contributed by atoms with Crippen molar-refractivity contribution in [1.29, 1.82) is 0 Å². The van der Waals surface area contributed by atoms with Crippen LogP contribution in [0.15, 0.2) is 40.3 Å². The molecule has 8 heteroatoms. The van der Waals surface area contributed by atoms with Crippen LogP contribution in [0.5, 0.6) is 0 Å². The second kappa shape index (κ2) is 8.35. The molecular weight excluding hydrogens is 340 g/mol. The van der Waals surface area contributed by atoms with Crippen LogP contribution in [0, 0.1) is 0 Å². The van der Waals surface area contributed by atoms with E-state index >= 15 is 0 Å². The summed E-state index contributed by atoms with van der Waals surface area (Å²) in [7, 11) is 0. The highest BCUT2D eigenvalue weighted by Crippen LogP contribution is 2.21. The summed E-state index contributed by atoms with van der Waals surface area (Å²) < 4.78 is 7.05. The van der Waals surface area contributed by atoms with Crippen LogP contribution in [0.4, 0.5) is 0 Å². The molecule has 0 unspecified atom stereocenters. The number of carbonyl (C=O) groups is 1. The van der Waals surface area contributed by atoms with Gasteiger partial charge >= 0.3 is 5.69 Å². The van der Waals surface area contributed by atoms with E-state index in [1.165, 1.54) is 11.8 Å². The van der Waals surface area contributed by atoms with Gasteiger partial charge in [-0.3, -0.25) is 9.36 Å². The number of rotatable bonds is 7. The van der Waals surface area contributed by atoms with Gasteiger partial charge in [0.15, 0.2) is 5.16 Å². The van der Waals surface area contributed by atoms with E-state index in [1.54, 1.807) is 4.57 Å². The maximum atomic E-state index is 12.3. The summed E-state index contributed by atoms with van der Waals surface area (Å²) in [4.78, 5) is 24.3. The van der Waals surface area contributed by atoms with Gasteiger partial charge < -0.3 is 10.1 Å². The first kappa shape index (κ1) is 17.8. The van der Waals surface area contributed by atoms with E-state index in [0.717, 1.165) is 25.0 Å². The van der Waals surface area contributed by atoms with Crippen molar-refractivity contribution in [2.24, 2.45) is 0 Å². The van der Waals surface area contributed by atoms with Crippen molar-refractivity contribution in [3.63, 3.8) is 0 Å². The molecule has 1 saturated heterocycles. The number of ether oxygens (including phenoxy) is 1. The maximum absolute atomic E-state index is 12.3. The Morgan fingerprint density at radius 3 is 3.00 bits per heavy atom. The number of hydrogen-bond acceptors (Lipinski definition) is 5. The molecule has 0 spiro atoms. The first-order valence-electron chi connectivity index (χ1n) is 8.38. The fourth-order valence-electron chi connectivity index (χ4n) is 2.67. The Morgan fingerprint density at radius 1 is 1.48 bits per heavy atom. The first-order valence-corrected chi connectivity index (χ1v) is 9.26. The number of thioether (sulfide) groups is 1. The Bertz CT molecular complexity index is 753. The molecule has 3 rings (SSSR count). The number of aromatic nitrogens is 3. The van der Waals surface area contributed by atoms with Gasteiger partial charge in [0.05, 0.1) is 17.9 Å². The number of hydrogen-bond donors (Lipinski definition) is 2. The number of H-pyrrole nitrogens is 1. The van der Waals surface area contributed by atoms with E-state index in [4.69, 9.17) is 4.74 Å². The minimum absolute atomic E-state index is 0.0813. The van der Waals surface area contributed by atoms with Crippen molar-refractivity contribution in [1.82, 2.24) is 20.1 Å². The number of carbonyl (C=O) groups excluding carboxylic acids is 1. The number of amides is 1. The third-order valence-electron chi connectivity index (χ3n) is 4.09. The molecule has 2 atom stereocenters. The van der Waals surface area contributed by atoms with Gasteiger partial charge in [-0.05, 0) is 25.3 Å². The van der Waals surface area contributed by atoms with Gasteiger partial charge in [-0.1, -0.05) is 42.1 Å². The molecule has 0 aliphatic carbocycles. The second-order valence-electron chi connectivity index (χ2n) is 6.02. The van der Waals surface area contributed by atoms with Crippen molar-refractivity contribution in [3.8, 4) is 0 Å². The van der Waals surface area contributed by atoms with Crippen LogP contribution in [0.2, 0.25) is 0 Å². The van der Waals surface area contributed by atoms with Crippen molar-refractivity contribution in [3.05, 3.63) is 46.4 Å². The molecule has 1 aliphatic rings. The Balaban J connectivity index is 1.60. The molecular formula is C17H22N4O3S. The van der Waals surface area contributed by atoms with Crippen LogP contribution in [-0.4, -0.2) is 45.2 Å². The smallest absolute Gasteiger partial charge is 0.344 e. The lowest BCUT2D eigenvalue weighted by atomic mass is 10.2. The summed E-state index contributed by atoms with van der Waals surface area (Å²) in [6, 6.07) is 9.68. The lowest BCUT2D eigenvalue weighted by molar-refractivity contribution is -0.120. The van der Waals surface area contributed by atoms with Crippen LogP contribution >= 0.6 is 11.8 Å². The van der Waals surface area contributed by atoms with Gasteiger partial charge in [0.25, 0.3) is 0 Å². The molecule has 2 aromatic rings. The third kappa shape index (κ3) is 4.73. The van der Waals surface area contributed by atoms with E-state index in [9.17, 15) is 9.59 Å². The molecule has 1 aromatic heterocycles. The standard InChI is InChI=1S/C17H22N4O3S/c1-12(15(22)18-10-14-8-5-9-24-14)25-17-20-19-16(23)21(17)11-13-6-3-2-4-7-13/h2-4,6-7,12,14H,5,8-11H2,1H3,(H,18,22)(H,19,23)/t12-,14-/m1/s1. The number of benzene rings is 1. The van der Waals surface area contributed by atoms with Crippen molar-refractivity contribution < 1.29 is 9.53 Å². The highest BCUT2D eigenvalue weighted by atomic mass is 32.2. The van der Waals surface area contributed by atoms with Crippen LogP contribution in [0.3, 0.4) is 0 Å². The van der Waals surface area contributed by atoms with Crippen LogP contribution in [0.1, 0.15) is 25.3 Å². The SMILES string of the molecule is C[C@@H](Sc1n[nH]c(=O)n1Cc1ccccc1)C(=O)NC[C@H]1CCCO1. The second-order valence-corrected chi connectivity index (χ2v) is 7.33. The van der Waals surface area contributed by atoms with Crippen LogP contribution < -0.4 is 11.0 Å². The molecule has 0 radical (unpaired) electrons. The molecule has 134 valence electrons. The van der Waals surface area contributed by atoms with E-state index in [2.05, 4.69) is 15.5 Å².